The Bertz CT molecular complexity index is 1180. The van der Waals surface area contributed by atoms with E-state index in [-0.39, 0.29) is 11.6 Å². The molecular weight excluding hydrogens is 409 g/mol. The summed E-state index contributed by atoms with van der Waals surface area (Å²) in [7, 11) is 0. The van der Waals surface area contributed by atoms with Crippen LogP contribution in [0.3, 0.4) is 0 Å². The number of ether oxygens (including phenoxy) is 1. The molecule has 0 aliphatic rings. The molecule has 4 aromatic rings. The molecule has 0 saturated carbocycles. The summed E-state index contributed by atoms with van der Waals surface area (Å²) in [4.78, 5) is 0. The molecule has 0 atom stereocenters. The van der Waals surface area contributed by atoms with Crippen molar-refractivity contribution >= 4 is 10.8 Å². The molecule has 0 unspecified atom stereocenters. The van der Waals surface area contributed by atoms with E-state index in [1.54, 1.807) is 18.2 Å². The normalized spacial score (nSPS) is 11.3. The van der Waals surface area contributed by atoms with E-state index < -0.39 is 6.61 Å². The van der Waals surface area contributed by atoms with Crippen LogP contribution >= 0.6 is 0 Å². The average molecular weight is 435 g/mol. The summed E-state index contributed by atoms with van der Waals surface area (Å²) in [6, 6.07) is 24.2. The molecular formula is C28H25F3O. The molecule has 0 heterocycles. The van der Waals surface area contributed by atoms with E-state index in [1.807, 2.05) is 24.3 Å². The van der Waals surface area contributed by atoms with Crippen molar-refractivity contribution in [2.24, 2.45) is 0 Å². The van der Waals surface area contributed by atoms with Crippen molar-refractivity contribution in [3.05, 3.63) is 101 Å². The Morgan fingerprint density at radius 2 is 1.34 bits per heavy atom. The molecule has 0 saturated heterocycles. The van der Waals surface area contributed by atoms with Gasteiger partial charge < -0.3 is 4.74 Å². The van der Waals surface area contributed by atoms with Crippen molar-refractivity contribution in [2.45, 2.75) is 39.2 Å². The zero-order chi connectivity index (χ0) is 22.5. The highest BCUT2D eigenvalue weighted by molar-refractivity contribution is 5.88. The first-order valence-electron chi connectivity index (χ1n) is 10.9. The minimum absolute atomic E-state index is 0.0505. The highest BCUT2D eigenvalue weighted by atomic mass is 19.3. The van der Waals surface area contributed by atoms with Gasteiger partial charge in [-0.15, -0.1) is 0 Å². The number of alkyl halides is 2. The maximum Gasteiger partial charge on any atom is 0.387 e. The maximum atomic E-state index is 15.2. The van der Waals surface area contributed by atoms with E-state index in [4.69, 9.17) is 0 Å². The van der Waals surface area contributed by atoms with Crippen LogP contribution in [0.5, 0.6) is 5.75 Å². The van der Waals surface area contributed by atoms with Gasteiger partial charge in [-0.2, -0.15) is 8.78 Å². The molecule has 164 valence electrons. The Morgan fingerprint density at radius 3 is 2.00 bits per heavy atom. The van der Waals surface area contributed by atoms with Crippen LogP contribution < -0.4 is 4.74 Å². The molecule has 0 aromatic heterocycles. The molecule has 0 fully saturated rings. The molecule has 0 aliphatic carbocycles. The average Bonchev–Trinajstić information content (AvgIpc) is 2.79. The quantitative estimate of drug-likeness (QED) is 0.273. The van der Waals surface area contributed by atoms with E-state index >= 15 is 4.39 Å². The summed E-state index contributed by atoms with van der Waals surface area (Å²) < 4.78 is 44.2. The molecule has 4 rings (SSSR count). The van der Waals surface area contributed by atoms with Crippen LogP contribution in [0.25, 0.3) is 21.9 Å². The largest absolute Gasteiger partial charge is 0.435 e. The highest BCUT2D eigenvalue weighted by Crippen LogP contribution is 2.31. The monoisotopic (exact) mass is 434 g/mol. The lowest BCUT2D eigenvalue weighted by Crippen LogP contribution is -2.01. The minimum Gasteiger partial charge on any atom is -0.435 e. The number of rotatable bonds is 8. The molecule has 0 N–H and O–H groups in total. The number of benzene rings is 4. The van der Waals surface area contributed by atoms with Crippen LogP contribution in [0.15, 0.2) is 78.9 Å². The maximum absolute atomic E-state index is 15.2. The first-order valence-corrected chi connectivity index (χ1v) is 10.9. The van der Waals surface area contributed by atoms with E-state index in [1.165, 1.54) is 23.3 Å². The fraction of sp³-hybridized carbons (Fsp3) is 0.214. The third-order valence-electron chi connectivity index (χ3n) is 5.67. The number of hydrogen-bond donors (Lipinski definition) is 0. The minimum atomic E-state index is -2.88. The third kappa shape index (κ3) is 5.13. The SMILES string of the molecule is CCCc1ccc(CCc2ccc3c(F)c(-c4ccc(OC(F)F)cc4)ccc3c2)cc1. The Hall–Kier alpha value is -3.27. The van der Waals surface area contributed by atoms with Crippen molar-refractivity contribution in [3.63, 3.8) is 0 Å². The van der Waals surface area contributed by atoms with Crippen LogP contribution in [0.1, 0.15) is 30.0 Å². The smallest absolute Gasteiger partial charge is 0.387 e. The highest BCUT2D eigenvalue weighted by Gasteiger charge is 2.11. The van der Waals surface area contributed by atoms with Crippen molar-refractivity contribution < 1.29 is 17.9 Å². The van der Waals surface area contributed by atoms with E-state index in [2.05, 4.69) is 35.9 Å². The van der Waals surface area contributed by atoms with Crippen LogP contribution in [0.2, 0.25) is 0 Å². The van der Waals surface area contributed by atoms with Gasteiger partial charge in [-0.05, 0) is 59.0 Å². The molecule has 0 radical (unpaired) electrons. The molecule has 4 heteroatoms. The molecule has 0 amide bonds. The topological polar surface area (TPSA) is 9.23 Å². The summed E-state index contributed by atoms with van der Waals surface area (Å²) in [5, 5.41) is 1.39. The van der Waals surface area contributed by atoms with Crippen molar-refractivity contribution in [2.75, 3.05) is 0 Å². The summed E-state index contributed by atoms with van der Waals surface area (Å²) in [5.74, 6) is -0.266. The lowest BCUT2D eigenvalue weighted by molar-refractivity contribution is -0.0498. The fourth-order valence-corrected chi connectivity index (χ4v) is 3.99. The molecule has 1 nitrogen and oxygen atoms in total. The van der Waals surface area contributed by atoms with E-state index in [9.17, 15) is 8.78 Å². The number of hydrogen-bond acceptors (Lipinski definition) is 1. The van der Waals surface area contributed by atoms with Crippen molar-refractivity contribution in [1.29, 1.82) is 0 Å². The molecule has 32 heavy (non-hydrogen) atoms. The van der Waals surface area contributed by atoms with Gasteiger partial charge in [0.05, 0.1) is 0 Å². The molecule has 0 bridgehead atoms. The predicted molar refractivity (Wildman–Crippen MR) is 124 cm³/mol. The zero-order valence-corrected chi connectivity index (χ0v) is 18.0. The lowest BCUT2D eigenvalue weighted by Gasteiger charge is -2.10. The first-order chi connectivity index (χ1) is 15.5. The van der Waals surface area contributed by atoms with Crippen LogP contribution in [-0.2, 0) is 19.3 Å². The van der Waals surface area contributed by atoms with E-state index in [0.29, 0.717) is 16.5 Å². The van der Waals surface area contributed by atoms with Crippen LogP contribution in [-0.4, -0.2) is 6.61 Å². The van der Waals surface area contributed by atoms with Crippen molar-refractivity contribution in [3.8, 4) is 16.9 Å². The Labute approximate surface area is 186 Å². The van der Waals surface area contributed by atoms with Gasteiger partial charge in [0.1, 0.15) is 11.6 Å². The Balaban J connectivity index is 1.50. The van der Waals surface area contributed by atoms with Gasteiger partial charge in [-0.1, -0.05) is 80.1 Å². The summed E-state index contributed by atoms with van der Waals surface area (Å²) in [6.45, 7) is -0.700. The second-order valence-corrected chi connectivity index (χ2v) is 7.95. The molecule has 0 aliphatic heterocycles. The lowest BCUT2D eigenvalue weighted by atomic mass is 9.97. The summed E-state index contributed by atoms with van der Waals surface area (Å²) >= 11 is 0. The number of fused-ring (bicyclic) bond motifs is 1. The van der Waals surface area contributed by atoms with Gasteiger partial charge >= 0.3 is 6.61 Å². The number of halogens is 3. The molecule has 4 aromatic carbocycles. The van der Waals surface area contributed by atoms with Crippen LogP contribution in [0.4, 0.5) is 13.2 Å². The van der Waals surface area contributed by atoms with Gasteiger partial charge in [0.15, 0.2) is 0 Å². The van der Waals surface area contributed by atoms with Gasteiger partial charge in [0.2, 0.25) is 0 Å². The third-order valence-corrected chi connectivity index (χ3v) is 5.67. The van der Waals surface area contributed by atoms with Gasteiger partial charge in [-0.3, -0.25) is 0 Å². The standard InChI is InChI=1S/C28H25F3O/c1-2-3-19-4-6-20(7-5-19)8-9-21-10-16-26-23(18-21)13-17-25(27(26)29)22-11-14-24(15-12-22)32-28(30)31/h4-7,10-18,28H,2-3,8-9H2,1H3. The summed E-state index contributed by atoms with van der Waals surface area (Å²) in [5.41, 5.74) is 4.87. The fourth-order valence-electron chi connectivity index (χ4n) is 3.99. The Morgan fingerprint density at radius 1 is 0.719 bits per heavy atom. The second-order valence-electron chi connectivity index (χ2n) is 7.95. The first kappa shape index (κ1) is 21.9. The summed E-state index contributed by atoms with van der Waals surface area (Å²) in [6.07, 6.45) is 4.07. The van der Waals surface area contributed by atoms with Gasteiger partial charge in [0, 0.05) is 10.9 Å². The number of aryl methyl sites for hydroxylation is 3. The van der Waals surface area contributed by atoms with Crippen molar-refractivity contribution in [1.82, 2.24) is 0 Å². The molecule has 0 spiro atoms. The predicted octanol–water partition coefficient (Wildman–Crippen LogP) is 7.99. The van der Waals surface area contributed by atoms with Crippen LogP contribution in [0, 0.1) is 5.82 Å². The second kappa shape index (κ2) is 9.90. The Kier molecular flexibility index (Phi) is 6.79. The van der Waals surface area contributed by atoms with E-state index in [0.717, 1.165) is 36.6 Å². The van der Waals surface area contributed by atoms with Gasteiger partial charge in [0.25, 0.3) is 0 Å². The van der Waals surface area contributed by atoms with Gasteiger partial charge in [-0.25, -0.2) is 4.39 Å². The zero-order valence-electron chi connectivity index (χ0n) is 18.0.